The molecule has 1 aromatic carbocycles. The second-order valence-corrected chi connectivity index (χ2v) is 8.74. The first kappa shape index (κ1) is 22.1. The summed E-state index contributed by atoms with van der Waals surface area (Å²) in [7, 11) is 0. The normalized spacial score (nSPS) is 16.5. The van der Waals surface area contributed by atoms with Gasteiger partial charge < -0.3 is 15.2 Å². The number of anilines is 1. The molecular weight excluding hydrogens is 450 g/mol. The molecule has 8 nitrogen and oxygen atoms in total. The molecule has 1 saturated heterocycles. The average Bonchev–Trinajstić information content (AvgIpc) is 3.18. The topological polar surface area (TPSA) is 106 Å². The van der Waals surface area contributed by atoms with Crippen LogP contribution >= 0.6 is 11.6 Å². The maximum Gasteiger partial charge on any atom is 0.278 e. The molecule has 0 spiro atoms. The van der Waals surface area contributed by atoms with Gasteiger partial charge in [-0.05, 0) is 24.3 Å². The van der Waals surface area contributed by atoms with E-state index in [9.17, 15) is 10.1 Å². The molecule has 1 fully saturated rings. The molecule has 0 radical (unpaired) electrons. The van der Waals surface area contributed by atoms with Crippen molar-refractivity contribution in [2.45, 2.75) is 32.0 Å². The van der Waals surface area contributed by atoms with E-state index in [4.69, 9.17) is 17.3 Å². The number of nitriles is 1. The molecule has 4 heterocycles. The van der Waals surface area contributed by atoms with E-state index in [0.717, 1.165) is 35.9 Å². The molecule has 4 aromatic rings. The van der Waals surface area contributed by atoms with Gasteiger partial charge in [0.2, 0.25) is 0 Å². The highest BCUT2D eigenvalue weighted by Crippen LogP contribution is 2.31. The van der Waals surface area contributed by atoms with Gasteiger partial charge in [0.15, 0.2) is 0 Å². The monoisotopic (exact) mass is 473 g/mol. The van der Waals surface area contributed by atoms with Gasteiger partial charge >= 0.3 is 0 Å². The van der Waals surface area contributed by atoms with E-state index in [2.05, 4.69) is 20.9 Å². The number of nitrogens with zero attached hydrogens (tertiary/aromatic N) is 6. The fraction of sp³-hybridized carbons (Fsp3) is 0.280. The van der Waals surface area contributed by atoms with Crippen molar-refractivity contribution in [1.29, 1.82) is 5.26 Å². The van der Waals surface area contributed by atoms with Gasteiger partial charge in [-0.25, -0.2) is 4.98 Å². The summed E-state index contributed by atoms with van der Waals surface area (Å²) in [4.78, 5) is 24.9. The Balaban J connectivity index is 1.69. The molecule has 9 heteroatoms. The molecule has 172 valence electrons. The van der Waals surface area contributed by atoms with Gasteiger partial charge in [0.1, 0.15) is 28.5 Å². The molecule has 1 atom stereocenters. The lowest BCUT2D eigenvalue weighted by Gasteiger charge is -2.33. The number of hydrogen-bond acceptors (Lipinski definition) is 6. The minimum Gasteiger partial charge on any atom is -0.355 e. The Labute approximate surface area is 201 Å². The molecule has 0 saturated carbocycles. The highest BCUT2D eigenvalue weighted by molar-refractivity contribution is 6.25. The number of benzene rings is 1. The Hall–Kier alpha value is -3.67. The van der Waals surface area contributed by atoms with Crippen molar-refractivity contribution >= 4 is 39.2 Å². The van der Waals surface area contributed by atoms with E-state index in [0.29, 0.717) is 35.5 Å². The SMILES string of the molecule is N#Cc1c(N2CCCC(N)C2)n(CC=CCl)c2c(=O)n(Cc3nccc4ccccc34)cnc12. The summed E-state index contributed by atoms with van der Waals surface area (Å²) in [6.45, 7) is 1.99. The predicted molar refractivity (Wildman–Crippen MR) is 134 cm³/mol. The van der Waals surface area contributed by atoms with E-state index in [1.807, 2.05) is 34.9 Å². The van der Waals surface area contributed by atoms with Crippen LogP contribution in [-0.2, 0) is 13.1 Å². The van der Waals surface area contributed by atoms with Crippen LogP contribution in [0.2, 0.25) is 0 Å². The lowest BCUT2D eigenvalue weighted by molar-refractivity contribution is 0.499. The smallest absolute Gasteiger partial charge is 0.278 e. The third kappa shape index (κ3) is 3.83. The van der Waals surface area contributed by atoms with E-state index in [-0.39, 0.29) is 18.1 Å². The number of nitrogens with two attached hydrogens (primary N) is 1. The molecule has 0 bridgehead atoms. The van der Waals surface area contributed by atoms with Gasteiger partial charge in [-0.2, -0.15) is 5.26 Å². The van der Waals surface area contributed by atoms with Crippen molar-refractivity contribution in [2.24, 2.45) is 5.73 Å². The van der Waals surface area contributed by atoms with Crippen LogP contribution < -0.4 is 16.2 Å². The van der Waals surface area contributed by atoms with Crippen LogP contribution in [0.4, 0.5) is 5.82 Å². The van der Waals surface area contributed by atoms with Crippen molar-refractivity contribution in [2.75, 3.05) is 18.0 Å². The van der Waals surface area contributed by atoms with Gasteiger partial charge in [-0.3, -0.25) is 14.3 Å². The lowest BCUT2D eigenvalue weighted by atomic mass is 10.1. The molecular formula is C25H24ClN7O. The lowest BCUT2D eigenvalue weighted by Crippen LogP contribution is -2.44. The van der Waals surface area contributed by atoms with E-state index in [1.165, 1.54) is 11.9 Å². The van der Waals surface area contributed by atoms with Gasteiger partial charge in [0.05, 0.1) is 18.6 Å². The van der Waals surface area contributed by atoms with Crippen molar-refractivity contribution in [3.8, 4) is 6.07 Å². The Bertz CT molecular complexity index is 1490. The first-order valence-electron chi connectivity index (χ1n) is 11.2. The second-order valence-electron chi connectivity index (χ2n) is 8.48. The Morgan fingerprint density at radius 1 is 1.26 bits per heavy atom. The number of allylic oxidation sites excluding steroid dienone is 1. The summed E-state index contributed by atoms with van der Waals surface area (Å²) < 4.78 is 3.39. The zero-order valence-corrected chi connectivity index (χ0v) is 19.3. The molecule has 34 heavy (non-hydrogen) atoms. The largest absolute Gasteiger partial charge is 0.355 e. The number of aromatic nitrogens is 4. The van der Waals surface area contributed by atoms with Crippen LogP contribution in [0, 0.1) is 11.3 Å². The highest BCUT2D eigenvalue weighted by atomic mass is 35.5. The first-order valence-corrected chi connectivity index (χ1v) is 11.7. The van der Waals surface area contributed by atoms with Crippen LogP contribution in [0.5, 0.6) is 0 Å². The van der Waals surface area contributed by atoms with Gasteiger partial charge in [-0.1, -0.05) is 41.9 Å². The third-order valence-corrected chi connectivity index (χ3v) is 6.50. The van der Waals surface area contributed by atoms with Crippen molar-refractivity contribution in [3.05, 3.63) is 76.1 Å². The van der Waals surface area contributed by atoms with Crippen molar-refractivity contribution in [1.82, 2.24) is 19.1 Å². The summed E-state index contributed by atoms with van der Waals surface area (Å²) in [5.41, 5.74) is 9.35. The average molecular weight is 474 g/mol. The zero-order chi connectivity index (χ0) is 23.7. The zero-order valence-electron chi connectivity index (χ0n) is 18.6. The standard InChI is InChI=1S/C25H24ClN7O/c26-9-4-12-33-23-22(20(13-27)24(33)31-11-3-6-18(28)14-31)30-16-32(25(23)34)15-21-19-7-2-1-5-17(19)8-10-29-21/h1-2,4-5,7-10,16,18H,3,6,11-12,14-15,28H2. The number of rotatable bonds is 5. The molecule has 2 N–H and O–H groups in total. The maximum atomic E-state index is 13.7. The van der Waals surface area contributed by atoms with Gasteiger partial charge in [0, 0.05) is 42.8 Å². The van der Waals surface area contributed by atoms with E-state index in [1.54, 1.807) is 16.8 Å². The molecule has 1 aliphatic rings. The van der Waals surface area contributed by atoms with Gasteiger partial charge in [0.25, 0.3) is 5.56 Å². The number of pyridine rings is 1. The first-order chi connectivity index (χ1) is 16.6. The quantitative estimate of drug-likeness (QED) is 0.476. The summed E-state index contributed by atoms with van der Waals surface area (Å²) in [6, 6.07) is 12.2. The summed E-state index contributed by atoms with van der Waals surface area (Å²) in [5, 5.41) is 12.1. The Kier molecular flexibility index (Phi) is 6.05. The van der Waals surface area contributed by atoms with Gasteiger partial charge in [-0.15, -0.1) is 0 Å². The summed E-state index contributed by atoms with van der Waals surface area (Å²) in [5.74, 6) is 0.674. The summed E-state index contributed by atoms with van der Waals surface area (Å²) in [6.07, 6.45) is 6.85. The second kappa shape index (κ2) is 9.29. The van der Waals surface area contributed by atoms with Crippen LogP contribution in [0.1, 0.15) is 24.1 Å². The molecule has 5 rings (SSSR count). The van der Waals surface area contributed by atoms with Crippen molar-refractivity contribution < 1.29 is 0 Å². The molecule has 0 aliphatic carbocycles. The van der Waals surface area contributed by atoms with Crippen LogP contribution in [0.3, 0.4) is 0 Å². The van der Waals surface area contributed by atoms with Crippen molar-refractivity contribution in [3.63, 3.8) is 0 Å². The molecule has 1 aliphatic heterocycles. The number of fused-ring (bicyclic) bond motifs is 2. The molecule has 1 unspecified atom stereocenters. The Morgan fingerprint density at radius 2 is 2.12 bits per heavy atom. The number of hydrogen-bond donors (Lipinski definition) is 1. The minimum atomic E-state index is -0.230. The van der Waals surface area contributed by atoms with E-state index < -0.39 is 0 Å². The van der Waals surface area contributed by atoms with Crippen LogP contribution in [0.25, 0.3) is 21.8 Å². The molecule has 3 aromatic heterocycles. The number of halogens is 1. The van der Waals surface area contributed by atoms with Crippen LogP contribution in [-0.4, -0.2) is 38.2 Å². The highest BCUT2D eigenvalue weighted by Gasteiger charge is 2.28. The number of piperidine rings is 1. The minimum absolute atomic E-state index is 0.0115. The fourth-order valence-corrected chi connectivity index (χ4v) is 4.87. The Morgan fingerprint density at radius 3 is 2.91 bits per heavy atom. The fourth-order valence-electron chi connectivity index (χ4n) is 4.79. The van der Waals surface area contributed by atoms with E-state index >= 15 is 0 Å². The maximum absolute atomic E-state index is 13.7. The summed E-state index contributed by atoms with van der Waals surface area (Å²) >= 11 is 5.84. The third-order valence-electron chi connectivity index (χ3n) is 6.32. The molecule has 0 amide bonds. The van der Waals surface area contributed by atoms with Crippen LogP contribution in [0.15, 0.2) is 59.3 Å². The predicted octanol–water partition coefficient (Wildman–Crippen LogP) is 3.35.